The molecule has 0 amide bonds. The summed E-state index contributed by atoms with van der Waals surface area (Å²) in [6.07, 6.45) is 0. The molecule has 1 aromatic carbocycles. The Morgan fingerprint density at radius 1 is 1.26 bits per heavy atom. The van der Waals surface area contributed by atoms with Crippen molar-refractivity contribution in [2.24, 2.45) is 0 Å². The predicted molar refractivity (Wildman–Crippen MR) is 84.9 cm³/mol. The average Bonchev–Trinajstić information content (AvgIpc) is 2.81. The highest BCUT2D eigenvalue weighted by Gasteiger charge is 2.05. The van der Waals surface area contributed by atoms with Gasteiger partial charge in [0.2, 0.25) is 0 Å². The minimum Gasteiger partial charge on any atom is -0.488 e. The van der Waals surface area contributed by atoms with E-state index in [1.54, 1.807) is 11.3 Å². The first-order chi connectivity index (χ1) is 9.19. The molecule has 0 saturated heterocycles. The second-order valence-electron chi connectivity index (χ2n) is 4.39. The van der Waals surface area contributed by atoms with Gasteiger partial charge in [-0.15, -0.1) is 11.3 Å². The highest BCUT2D eigenvalue weighted by atomic mass is 79.9. The van der Waals surface area contributed by atoms with E-state index < -0.39 is 0 Å². The van der Waals surface area contributed by atoms with Crippen molar-refractivity contribution in [1.29, 1.82) is 0 Å². The summed E-state index contributed by atoms with van der Waals surface area (Å²) in [6, 6.07) is 10.5. The third-order valence-corrected chi connectivity index (χ3v) is 4.38. The topological polar surface area (TPSA) is 21.3 Å². The normalized spacial score (nSPS) is 10.7. The Labute approximate surface area is 126 Å². The quantitative estimate of drug-likeness (QED) is 0.836. The van der Waals surface area contributed by atoms with Crippen LogP contribution in [-0.4, -0.2) is 6.54 Å². The lowest BCUT2D eigenvalue weighted by atomic mass is 10.1. The van der Waals surface area contributed by atoms with Crippen LogP contribution in [0.3, 0.4) is 0 Å². The van der Waals surface area contributed by atoms with E-state index in [1.807, 2.05) is 0 Å². The summed E-state index contributed by atoms with van der Waals surface area (Å²) in [5.74, 6) is 0.969. The minimum absolute atomic E-state index is 0.623. The second-order valence-corrected chi connectivity index (χ2v) is 6.93. The van der Waals surface area contributed by atoms with E-state index in [2.05, 4.69) is 65.4 Å². The van der Waals surface area contributed by atoms with Gasteiger partial charge in [-0.1, -0.05) is 24.6 Å². The lowest BCUT2D eigenvalue weighted by molar-refractivity contribution is 0.305. The maximum absolute atomic E-state index is 5.94. The first kappa shape index (κ1) is 14.6. The van der Waals surface area contributed by atoms with Gasteiger partial charge in [-0.2, -0.15) is 0 Å². The number of aryl methyl sites for hydroxylation is 1. The number of rotatable bonds is 6. The molecule has 2 rings (SSSR count). The Bertz CT molecular complexity index is 539. The molecule has 0 spiro atoms. The molecule has 1 aromatic heterocycles. The number of halogens is 1. The Kier molecular flexibility index (Phi) is 5.43. The Morgan fingerprint density at radius 3 is 2.79 bits per heavy atom. The van der Waals surface area contributed by atoms with Gasteiger partial charge in [-0.25, -0.2) is 0 Å². The van der Waals surface area contributed by atoms with Gasteiger partial charge in [-0.05, 0) is 47.6 Å². The SMILES string of the molecule is CCNCc1cc(C)ccc1OCc1ccc(Br)s1. The van der Waals surface area contributed by atoms with Crippen molar-refractivity contribution in [1.82, 2.24) is 5.32 Å². The van der Waals surface area contributed by atoms with Gasteiger partial charge in [-0.3, -0.25) is 0 Å². The van der Waals surface area contributed by atoms with E-state index in [9.17, 15) is 0 Å². The van der Waals surface area contributed by atoms with Gasteiger partial charge in [0, 0.05) is 17.0 Å². The van der Waals surface area contributed by atoms with E-state index in [0.29, 0.717) is 6.61 Å². The molecular formula is C15H18BrNOS. The predicted octanol–water partition coefficient (Wildman–Crippen LogP) is 4.51. The van der Waals surface area contributed by atoms with Crippen LogP contribution in [0.15, 0.2) is 34.1 Å². The standard InChI is InChI=1S/C15H18BrNOS/c1-3-17-9-12-8-11(2)4-6-14(12)18-10-13-5-7-15(16)19-13/h4-8,17H,3,9-10H2,1-2H3. The molecule has 0 aliphatic carbocycles. The number of nitrogens with one attached hydrogen (secondary N) is 1. The molecule has 0 atom stereocenters. The monoisotopic (exact) mass is 339 g/mol. The molecule has 0 aliphatic heterocycles. The third-order valence-electron chi connectivity index (χ3n) is 2.78. The van der Waals surface area contributed by atoms with Crippen LogP contribution >= 0.6 is 27.3 Å². The fraction of sp³-hybridized carbons (Fsp3) is 0.333. The van der Waals surface area contributed by atoms with Gasteiger partial charge in [0.15, 0.2) is 0 Å². The van der Waals surface area contributed by atoms with E-state index >= 15 is 0 Å². The van der Waals surface area contributed by atoms with Crippen molar-refractivity contribution in [3.63, 3.8) is 0 Å². The first-order valence-electron chi connectivity index (χ1n) is 6.36. The molecular weight excluding hydrogens is 322 g/mol. The van der Waals surface area contributed by atoms with Crippen LogP contribution in [0.25, 0.3) is 0 Å². The van der Waals surface area contributed by atoms with Crippen LogP contribution < -0.4 is 10.1 Å². The smallest absolute Gasteiger partial charge is 0.124 e. The Morgan fingerprint density at radius 2 is 2.11 bits per heavy atom. The number of hydrogen-bond donors (Lipinski definition) is 1. The van der Waals surface area contributed by atoms with Gasteiger partial charge >= 0.3 is 0 Å². The van der Waals surface area contributed by atoms with Crippen LogP contribution in [0, 0.1) is 6.92 Å². The first-order valence-corrected chi connectivity index (χ1v) is 7.97. The molecule has 4 heteroatoms. The molecule has 1 N–H and O–H groups in total. The zero-order chi connectivity index (χ0) is 13.7. The molecule has 1 heterocycles. The van der Waals surface area contributed by atoms with Crippen LogP contribution in [0.5, 0.6) is 5.75 Å². The summed E-state index contributed by atoms with van der Waals surface area (Å²) in [5.41, 5.74) is 2.48. The minimum atomic E-state index is 0.623. The maximum atomic E-state index is 5.94. The molecule has 102 valence electrons. The number of benzene rings is 1. The molecule has 2 nitrogen and oxygen atoms in total. The van der Waals surface area contributed by atoms with Gasteiger partial charge in [0.05, 0.1) is 3.79 Å². The number of ether oxygens (including phenoxy) is 1. The van der Waals surface area contributed by atoms with Crippen molar-refractivity contribution < 1.29 is 4.74 Å². The Hall–Kier alpha value is -0.840. The van der Waals surface area contributed by atoms with Crippen LogP contribution in [0.1, 0.15) is 22.9 Å². The zero-order valence-corrected chi connectivity index (χ0v) is 13.6. The van der Waals surface area contributed by atoms with Crippen LogP contribution in [0.4, 0.5) is 0 Å². The van der Waals surface area contributed by atoms with E-state index in [4.69, 9.17) is 4.74 Å². The molecule has 19 heavy (non-hydrogen) atoms. The summed E-state index contributed by atoms with van der Waals surface area (Å²) in [7, 11) is 0. The van der Waals surface area contributed by atoms with Crippen molar-refractivity contribution in [2.75, 3.05) is 6.54 Å². The van der Waals surface area contributed by atoms with Crippen molar-refractivity contribution in [3.8, 4) is 5.75 Å². The number of hydrogen-bond acceptors (Lipinski definition) is 3. The summed E-state index contributed by atoms with van der Waals surface area (Å²) in [5, 5.41) is 3.35. The maximum Gasteiger partial charge on any atom is 0.124 e. The number of thiophene rings is 1. The van der Waals surface area contributed by atoms with Crippen molar-refractivity contribution in [2.45, 2.75) is 27.0 Å². The van der Waals surface area contributed by atoms with Gasteiger partial charge in [0.1, 0.15) is 12.4 Å². The molecule has 0 radical (unpaired) electrons. The van der Waals surface area contributed by atoms with E-state index in [1.165, 1.54) is 16.0 Å². The lowest BCUT2D eigenvalue weighted by Gasteiger charge is -2.12. The molecule has 0 saturated carbocycles. The average molecular weight is 340 g/mol. The summed E-state index contributed by atoms with van der Waals surface area (Å²) in [4.78, 5) is 1.22. The van der Waals surface area contributed by atoms with Crippen LogP contribution in [0.2, 0.25) is 0 Å². The van der Waals surface area contributed by atoms with Crippen molar-refractivity contribution in [3.05, 3.63) is 50.1 Å². The van der Waals surface area contributed by atoms with E-state index in [0.717, 1.165) is 22.6 Å². The Balaban J connectivity index is 2.05. The summed E-state index contributed by atoms with van der Waals surface area (Å²) < 4.78 is 7.08. The van der Waals surface area contributed by atoms with Crippen molar-refractivity contribution >= 4 is 27.3 Å². The molecule has 0 bridgehead atoms. The lowest BCUT2D eigenvalue weighted by Crippen LogP contribution is -2.13. The fourth-order valence-electron chi connectivity index (χ4n) is 1.83. The van der Waals surface area contributed by atoms with Gasteiger partial charge < -0.3 is 10.1 Å². The largest absolute Gasteiger partial charge is 0.488 e. The second kappa shape index (κ2) is 7.08. The van der Waals surface area contributed by atoms with E-state index in [-0.39, 0.29) is 0 Å². The third kappa shape index (κ3) is 4.34. The molecule has 0 aliphatic rings. The highest BCUT2D eigenvalue weighted by molar-refractivity contribution is 9.11. The molecule has 0 fully saturated rings. The summed E-state index contributed by atoms with van der Waals surface area (Å²) in [6.45, 7) is 6.65. The molecule has 0 unspecified atom stereocenters. The summed E-state index contributed by atoms with van der Waals surface area (Å²) >= 11 is 5.18. The fourth-order valence-corrected chi connectivity index (χ4v) is 3.22. The highest BCUT2D eigenvalue weighted by Crippen LogP contribution is 2.25. The van der Waals surface area contributed by atoms with Gasteiger partial charge in [0.25, 0.3) is 0 Å². The zero-order valence-electron chi connectivity index (χ0n) is 11.2. The molecule has 2 aromatic rings. The van der Waals surface area contributed by atoms with Crippen LogP contribution in [-0.2, 0) is 13.2 Å².